The van der Waals surface area contributed by atoms with Gasteiger partial charge in [-0.25, -0.2) is 4.79 Å². The van der Waals surface area contributed by atoms with Crippen molar-refractivity contribution in [3.63, 3.8) is 0 Å². The van der Waals surface area contributed by atoms with E-state index < -0.39 is 11.9 Å². The first-order chi connectivity index (χ1) is 14.8. The summed E-state index contributed by atoms with van der Waals surface area (Å²) in [6, 6.07) is 12.9. The summed E-state index contributed by atoms with van der Waals surface area (Å²) in [5, 5.41) is 0. The van der Waals surface area contributed by atoms with Crippen LogP contribution in [0.5, 0.6) is 0 Å². The highest BCUT2D eigenvalue weighted by atomic mass is 32.1. The van der Waals surface area contributed by atoms with Crippen LogP contribution in [0.25, 0.3) is 10.2 Å². The number of thiazole rings is 1. The van der Waals surface area contributed by atoms with Crippen molar-refractivity contribution in [3.05, 3.63) is 64.0 Å². The summed E-state index contributed by atoms with van der Waals surface area (Å²) in [7, 11) is 2.61. The van der Waals surface area contributed by atoms with E-state index in [-0.39, 0.29) is 18.9 Å². The van der Waals surface area contributed by atoms with Crippen LogP contribution in [0.4, 0.5) is 0 Å². The van der Waals surface area contributed by atoms with Gasteiger partial charge in [-0.1, -0.05) is 49.4 Å². The molecule has 0 fully saturated rings. The van der Waals surface area contributed by atoms with Crippen molar-refractivity contribution in [2.75, 3.05) is 14.2 Å². The second-order valence-corrected chi connectivity index (χ2v) is 8.31. The molecule has 0 aliphatic carbocycles. The van der Waals surface area contributed by atoms with Gasteiger partial charge in [0.2, 0.25) is 0 Å². The Balaban J connectivity index is 1.98. The lowest BCUT2D eigenvalue weighted by molar-refractivity contribution is -0.141. The molecule has 0 aliphatic rings. The van der Waals surface area contributed by atoms with Gasteiger partial charge in [-0.05, 0) is 35.2 Å². The average Bonchev–Trinajstić information content (AvgIpc) is 3.09. The lowest BCUT2D eigenvalue weighted by atomic mass is 10.0. The summed E-state index contributed by atoms with van der Waals surface area (Å²) in [6.07, 6.45) is 0.151. The van der Waals surface area contributed by atoms with Gasteiger partial charge in [0.05, 0.1) is 36.4 Å². The molecule has 0 atom stereocenters. The predicted molar refractivity (Wildman–Crippen MR) is 118 cm³/mol. The molecule has 1 amide bonds. The molecule has 7 nitrogen and oxygen atoms in total. The number of nitrogens with zero attached hydrogens (tertiary/aromatic N) is 2. The molecule has 1 aromatic heterocycles. The van der Waals surface area contributed by atoms with Gasteiger partial charge in [0.15, 0.2) is 4.80 Å². The summed E-state index contributed by atoms with van der Waals surface area (Å²) in [5.41, 5.74) is 3.13. The van der Waals surface area contributed by atoms with Gasteiger partial charge in [-0.2, -0.15) is 4.99 Å². The normalized spacial score (nSPS) is 11.7. The number of amides is 1. The predicted octanol–water partition coefficient (Wildman–Crippen LogP) is 3.46. The molecule has 3 aromatic rings. The second-order valence-electron chi connectivity index (χ2n) is 7.30. The van der Waals surface area contributed by atoms with Gasteiger partial charge in [0, 0.05) is 0 Å². The summed E-state index contributed by atoms with van der Waals surface area (Å²) in [6.45, 7) is 4.13. The van der Waals surface area contributed by atoms with Gasteiger partial charge >= 0.3 is 11.9 Å². The van der Waals surface area contributed by atoms with E-state index in [1.165, 1.54) is 31.1 Å². The van der Waals surface area contributed by atoms with Crippen molar-refractivity contribution < 1.29 is 23.9 Å². The molecular formula is C23H24N2O5S. The van der Waals surface area contributed by atoms with Crippen LogP contribution in [0.1, 0.15) is 41.3 Å². The molecule has 0 aliphatic heterocycles. The molecule has 2 aromatic carbocycles. The van der Waals surface area contributed by atoms with Gasteiger partial charge in [-0.3, -0.25) is 9.59 Å². The number of hydrogen-bond acceptors (Lipinski definition) is 6. The van der Waals surface area contributed by atoms with E-state index in [9.17, 15) is 14.4 Å². The molecule has 162 valence electrons. The molecule has 0 saturated carbocycles. The van der Waals surface area contributed by atoms with Crippen molar-refractivity contribution >= 4 is 39.4 Å². The van der Waals surface area contributed by atoms with Crippen LogP contribution in [-0.4, -0.2) is 36.6 Å². The van der Waals surface area contributed by atoms with Crippen LogP contribution in [-0.2, 0) is 32.0 Å². The average molecular weight is 441 g/mol. The van der Waals surface area contributed by atoms with Gasteiger partial charge < -0.3 is 14.0 Å². The van der Waals surface area contributed by atoms with Crippen LogP contribution in [0.3, 0.4) is 0 Å². The van der Waals surface area contributed by atoms with E-state index in [0.717, 1.165) is 5.56 Å². The van der Waals surface area contributed by atoms with E-state index in [2.05, 4.69) is 18.8 Å². The number of carbonyl (C=O) groups is 3. The van der Waals surface area contributed by atoms with Gasteiger partial charge in [-0.15, -0.1) is 0 Å². The molecule has 31 heavy (non-hydrogen) atoms. The van der Waals surface area contributed by atoms with Gasteiger partial charge in [0.25, 0.3) is 5.91 Å². The summed E-state index contributed by atoms with van der Waals surface area (Å²) >= 11 is 1.22. The van der Waals surface area contributed by atoms with E-state index in [0.29, 0.717) is 26.5 Å². The summed E-state index contributed by atoms with van der Waals surface area (Å²) < 4.78 is 11.9. The first-order valence-corrected chi connectivity index (χ1v) is 10.6. The quantitative estimate of drug-likeness (QED) is 0.548. The zero-order chi connectivity index (χ0) is 22.5. The highest BCUT2D eigenvalue weighted by Gasteiger charge is 2.14. The minimum Gasteiger partial charge on any atom is -0.468 e. The molecule has 0 N–H and O–H groups in total. The third kappa shape index (κ3) is 5.27. The van der Waals surface area contributed by atoms with Crippen molar-refractivity contribution in [2.24, 2.45) is 4.99 Å². The Labute approximate surface area is 183 Å². The number of aromatic nitrogens is 1. The van der Waals surface area contributed by atoms with Gasteiger partial charge in [0.1, 0.15) is 6.54 Å². The number of fused-ring (bicyclic) bond motifs is 1. The van der Waals surface area contributed by atoms with E-state index >= 15 is 0 Å². The van der Waals surface area contributed by atoms with Crippen molar-refractivity contribution in [1.29, 1.82) is 0 Å². The van der Waals surface area contributed by atoms with Crippen LogP contribution >= 0.6 is 11.3 Å². The second kappa shape index (κ2) is 9.70. The first kappa shape index (κ1) is 22.4. The Morgan fingerprint density at radius 1 is 1.03 bits per heavy atom. The van der Waals surface area contributed by atoms with Crippen LogP contribution in [0.2, 0.25) is 0 Å². The lowest BCUT2D eigenvalue weighted by Crippen LogP contribution is -2.22. The zero-order valence-corrected chi connectivity index (χ0v) is 18.7. The minimum atomic E-state index is -0.464. The Bertz CT molecular complexity index is 1190. The number of ether oxygens (including phenoxy) is 2. The fourth-order valence-corrected chi connectivity index (χ4v) is 4.18. The molecular weight excluding hydrogens is 416 g/mol. The molecule has 1 heterocycles. The number of benzene rings is 2. The maximum Gasteiger partial charge on any atom is 0.337 e. The molecule has 0 radical (unpaired) electrons. The maximum atomic E-state index is 12.6. The fourth-order valence-electron chi connectivity index (χ4n) is 3.09. The largest absolute Gasteiger partial charge is 0.468 e. The lowest BCUT2D eigenvalue weighted by Gasteiger charge is -2.06. The van der Waals surface area contributed by atoms with E-state index in [1.807, 2.05) is 24.3 Å². The highest BCUT2D eigenvalue weighted by molar-refractivity contribution is 7.16. The highest BCUT2D eigenvalue weighted by Crippen LogP contribution is 2.20. The number of hydrogen-bond donors (Lipinski definition) is 0. The fraction of sp³-hybridized carbons (Fsp3) is 0.304. The van der Waals surface area contributed by atoms with Crippen molar-refractivity contribution in [3.8, 4) is 0 Å². The Hall–Kier alpha value is -3.26. The molecule has 0 spiro atoms. The smallest absolute Gasteiger partial charge is 0.337 e. The number of methoxy groups -OCH3 is 2. The summed E-state index contributed by atoms with van der Waals surface area (Å²) in [4.78, 5) is 41.0. The van der Waals surface area contributed by atoms with E-state index in [4.69, 9.17) is 9.47 Å². The van der Waals surface area contributed by atoms with Crippen LogP contribution in [0, 0.1) is 0 Å². The zero-order valence-electron chi connectivity index (χ0n) is 17.9. The monoisotopic (exact) mass is 440 g/mol. The van der Waals surface area contributed by atoms with Crippen LogP contribution < -0.4 is 4.80 Å². The van der Waals surface area contributed by atoms with Crippen molar-refractivity contribution in [1.82, 2.24) is 4.57 Å². The minimum absolute atomic E-state index is 0.0940. The number of rotatable bonds is 6. The molecule has 0 saturated heterocycles. The number of esters is 2. The molecule has 0 unspecified atom stereocenters. The SMILES string of the molecule is COC(=O)Cn1c(=NC(=O)Cc2ccc(C(C)C)cc2)sc2cc(C(=O)OC)ccc21. The summed E-state index contributed by atoms with van der Waals surface area (Å²) in [5.74, 6) is -0.833. The van der Waals surface area contributed by atoms with Crippen molar-refractivity contribution in [2.45, 2.75) is 32.7 Å². The topological polar surface area (TPSA) is 87.0 Å². The first-order valence-electron chi connectivity index (χ1n) is 9.77. The molecule has 0 bridgehead atoms. The third-order valence-corrected chi connectivity index (χ3v) is 5.88. The standard InChI is InChI=1S/C23H24N2O5S/c1-14(2)16-7-5-15(6-8-16)11-20(26)24-23-25(13-21(27)29-3)18-10-9-17(22(28)30-4)12-19(18)31-23/h5-10,12,14H,11,13H2,1-4H3. The molecule has 8 heteroatoms. The van der Waals surface area contributed by atoms with E-state index in [1.54, 1.807) is 22.8 Å². The maximum absolute atomic E-state index is 12.6. The Morgan fingerprint density at radius 2 is 1.74 bits per heavy atom. The van der Waals surface area contributed by atoms with Crippen LogP contribution in [0.15, 0.2) is 47.5 Å². The third-order valence-electron chi connectivity index (χ3n) is 4.84. The Morgan fingerprint density at radius 3 is 2.35 bits per heavy atom. The number of carbonyl (C=O) groups excluding carboxylic acids is 3. The Kier molecular flexibility index (Phi) is 7.02. The molecule has 3 rings (SSSR count).